The lowest BCUT2D eigenvalue weighted by Crippen LogP contribution is -2.26. The first-order valence-electron chi connectivity index (χ1n) is 10.6. The fourth-order valence-electron chi connectivity index (χ4n) is 3.46. The van der Waals surface area contributed by atoms with Crippen molar-refractivity contribution in [2.75, 3.05) is 33.6 Å². The second kappa shape index (κ2) is 9.26. The van der Waals surface area contributed by atoms with Gasteiger partial charge in [0, 0.05) is 24.6 Å². The van der Waals surface area contributed by atoms with E-state index in [2.05, 4.69) is 30.9 Å². The maximum Gasteiger partial charge on any atom is 0.421 e. The number of hydrogen-bond donors (Lipinski definition) is 3. The molecule has 0 unspecified atom stereocenters. The Balaban J connectivity index is 1.60. The van der Waals surface area contributed by atoms with Gasteiger partial charge in [-0.15, -0.1) is 0 Å². The Morgan fingerprint density at radius 3 is 2.61 bits per heavy atom. The van der Waals surface area contributed by atoms with Crippen molar-refractivity contribution in [3.8, 4) is 0 Å². The molecule has 14 heteroatoms. The van der Waals surface area contributed by atoms with E-state index in [4.69, 9.17) is 0 Å². The van der Waals surface area contributed by atoms with Gasteiger partial charge in [-0.1, -0.05) is 12.1 Å². The Morgan fingerprint density at radius 1 is 1.17 bits per heavy atom. The van der Waals surface area contributed by atoms with Crippen LogP contribution in [0.1, 0.15) is 22.4 Å². The average Bonchev–Trinajstić information content (AvgIpc) is 3.16. The van der Waals surface area contributed by atoms with Crippen LogP contribution >= 0.6 is 0 Å². The molecule has 0 fully saturated rings. The summed E-state index contributed by atoms with van der Waals surface area (Å²) in [6.45, 7) is 1.56. The summed E-state index contributed by atoms with van der Waals surface area (Å²) in [5.41, 5.74) is 1.82. The molecule has 3 N–H and O–H groups in total. The molecule has 10 nitrogen and oxygen atoms in total. The van der Waals surface area contributed by atoms with Gasteiger partial charge in [0.05, 0.1) is 24.9 Å². The maximum atomic E-state index is 13.6. The van der Waals surface area contributed by atoms with Crippen LogP contribution in [0.3, 0.4) is 0 Å². The number of anilines is 5. The fourth-order valence-corrected chi connectivity index (χ4v) is 3.90. The SMILES string of the molecule is Cc1ccc(N(C)S(C)(=O)=O)nc1CNc1nc(Nc2ccc3c(c2)NC(=O)C3)ncc1C(F)(F)F. The number of carbonyl (C=O) groups is 1. The smallest absolute Gasteiger partial charge is 0.364 e. The minimum absolute atomic E-state index is 0.0926. The number of sulfonamides is 1. The zero-order valence-corrected chi connectivity index (χ0v) is 20.3. The van der Waals surface area contributed by atoms with E-state index in [1.165, 1.54) is 13.1 Å². The Kier molecular flexibility index (Phi) is 6.47. The van der Waals surface area contributed by atoms with Gasteiger partial charge in [0.1, 0.15) is 17.2 Å². The molecule has 1 aromatic carbocycles. The Bertz CT molecular complexity index is 1450. The Morgan fingerprint density at radius 2 is 1.92 bits per heavy atom. The van der Waals surface area contributed by atoms with Gasteiger partial charge in [-0.3, -0.25) is 9.10 Å². The summed E-state index contributed by atoms with van der Waals surface area (Å²) in [6, 6.07) is 8.18. The molecule has 0 radical (unpaired) electrons. The molecular weight excluding hydrogens is 499 g/mol. The number of benzene rings is 1. The van der Waals surface area contributed by atoms with Gasteiger partial charge in [0.2, 0.25) is 21.9 Å². The van der Waals surface area contributed by atoms with Crippen LogP contribution < -0.4 is 20.3 Å². The average molecular weight is 522 g/mol. The van der Waals surface area contributed by atoms with Gasteiger partial charge in [-0.25, -0.2) is 18.4 Å². The third-order valence-corrected chi connectivity index (χ3v) is 6.70. The molecule has 0 aliphatic carbocycles. The van der Waals surface area contributed by atoms with Crippen LogP contribution in [0.25, 0.3) is 0 Å². The number of hydrogen-bond acceptors (Lipinski definition) is 8. The minimum Gasteiger partial charge on any atom is -0.364 e. The number of nitrogens with one attached hydrogen (secondary N) is 3. The highest BCUT2D eigenvalue weighted by atomic mass is 32.2. The van der Waals surface area contributed by atoms with E-state index in [1.54, 1.807) is 31.2 Å². The number of aryl methyl sites for hydroxylation is 1. The van der Waals surface area contributed by atoms with Crippen LogP contribution in [0.4, 0.5) is 42.1 Å². The first-order chi connectivity index (χ1) is 16.8. The van der Waals surface area contributed by atoms with E-state index in [1.807, 2.05) is 0 Å². The predicted octanol–water partition coefficient (Wildman–Crippen LogP) is 3.44. The second-order valence-electron chi connectivity index (χ2n) is 8.19. The molecule has 3 heterocycles. The molecule has 4 rings (SSSR count). The van der Waals surface area contributed by atoms with Crippen LogP contribution in [0.2, 0.25) is 0 Å². The van der Waals surface area contributed by atoms with E-state index in [0.717, 1.165) is 16.1 Å². The van der Waals surface area contributed by atoms with Gasteiger partial charge in [0.15, 0.2) is 0 Å². The lowest BCUT2D eigenvalue weighted by molar-refractivity contribution is -0.137. The lowest BCUT2D eigenvalue weighted by atomic mass is 10.1. The maximum absolute atomic E-state index is 13.6. The van der Waals surface area contributed by atoms with Crippen molar-refractivity contribution in [3.05, 3.63) is 58.9 Å². The van der Waals surface area contributed by atoms with Gasteiger partial charge >= 0.3 is 6.18 Å². The molecule has 3 aromatic rings. The molecule has 2 aromatic heterocycles. The highest BCUT2D eigenvalue weighted by molar-refractivity contribution is 7.92. The van der Waals surface area contributed by atoms with Crippen molar-refractivity contribution in [3.63, 3.8) is 0 Å². The third-order valence-electron chi connectivity index (χ3n) is 5.52. The Labute approximate surface area is 205 Å². The molecule has 0 atom stereocenters. The van der Waals surface area contributed by atoms with Gasteiger partial charge < -0.3 is 16.0 Å². The largest absolute Gasteiger partial charge is 0.421 e. The fraction of sp³-hybridized carbons (Fsp3) is 0.273. The normalized spacial score (nSPS) is 13.2. The molecule has 0 bridgehead atoms. The van der Waals surface area contributed by atoms with Crippen LogP contribution in [0, 0.1) is 6.92 Å². The predicted molar refractivity (Wildman–Crippen MR) is 129 cm³/mol. The summed E-state index contributed by atoms with van der Waals surface area (Å²) in [7, 11) is -2.24. The quantitative estimate of drug-likeness (QED) is 0.431. The molecular formula is C22H22F3N7O3S. The highest BCUT2D eigenvalue weighted by Gasteiger charge is 2.35. The summed E-state index contributed by atoms with van der Waals surface area (Å²) >= 11 is 0. The van der Waals surface area contributed by atoms with Gasteiger partial charge in [0.25, 0.3) is 0 Å². The standard InChI is InChI=1S/C22H22F3N7O3S/c1-12-4-7-18(32(2)36(3,34)35)29-17(12)11-26-20-15(22(23,24)25)10-27-21(31-20)28-14-6-5-13-8-19(33)30-16(13)9-14/h4-7,9-10H,8,11H2,1-3H3,(H,30,33)(H2,26,27,28,31). The highest BCUT2D eigenvalue weighted by Crippen LogP contribution is 2.35. The number of aromatic nitrogens is 3. The zero-order valence-electron chi connectivity index (χ0n) is 19.4. The molecule has 1 aliphatic rings. The number of pyridine rings is 1. The number of amides is 1. The van der Waals surface area contributed by atoms with E-state index in [0.29, 0.717) is 28.8 Å². The van der Waals surface area contributed by atoms with Crippen molar-refractivity contribution in [1.29, 1.82) is 0 Å². The van der Waals surface area contributed by atoms with Crippen molar-refractivity contribution < 1.29 is 26.4 Å². The summed E-state index contributed by atoms with van der Waals surface area (Å²) < 4.78 is 65.5. The van der Waals surface area contributed by atoms with Crippen molar-refractivity contribution >= 4 is 44.9 Å². The molecule has 190 valence electrons. The summed E-state index contributed by atoms with van der Waals surface area (Å²) in [4.78, 5) is 23.6. The molecule has 1 aliphatic heterocycles. The number of alkyl halides is 3. The number of carbonyl (C=O) groups excluding carboxylic acids is 1. The van der Waals surface area contributed by atoms with E-state index >= 15 is 0 Å². The topological polar surface area (TPSA) is 129 Å². The van der Waals surface area contributed by atoms with Crippen molar-refractivity contribution in [2.45, 2.75) is 26.1 Å². The molecule has 36 heavy (non-hydrogen) atoms. The minimum atomic E-state index is -4.72. The molecule has 0 saturated heterocycles. The molecule has 0 saturated carbocycles. The van der Waals surface area contributed by atoms with E-state index in [-0.39, 0.29) is 30.6 Å². The van der Waals surface area contributed by atoms with Crippen LogP contribution in [0.15, 0.2) is 36.5 Å². The number of fused-ring (bicyclic) bond motifs is 1. The van der Waals surface area contributed by atoms with Crippen LogP contribution in [-0.2, 0) is 34.0 Å². The van der Waals surface area contributed by atoms with Gasteiger partial charge in [-0.2, -0.15) is 18.2 Å². The first kappa shape index (κ1) is 25.2. The van der Waals surface area contributed by atoms with Crippen molar-refractivity contribution in [1.82, 2.24) is 15.0 Å². The van der Waals surface area contributed by atoms with Crippen LogP contribution in [-0.4, -0.2) is 42.6 Å². The summed E-state index contributed by atoms with van der Waals surface area (Å²) in [5, 5.41) is 8.21. The monoisotopic (exact) mass is 521 g/mol. The van der Waals surface area contributed by atoms with Crippen molar-refractivity contribution in [2.24, 2.45) is 0 Å². The van der Waals surface area contributed by atoms with E-state index < -0.39 is 27.6 Å². The van der Waals surface area contributed by atoms with Crippen LogP contribution in [0.5, 0.6) is 0 Å². The molecule has 0 spiro atoms. The molecule has 1 amide bonds. The van der Waals surface area contributed by atoms with E-state index in [9.17, 15) is 26.4 Å². The second-order valence-corrected chi connectivity index (χ2v) is 10.2. The number of rotatable bonds is 7. The van der Waals surface area contributed by atoms with Gasteiger partial charge in [-0.05, 0) is 36.2 Å². The third kappa shape index (κ3) is 5.48. The summed E-state index contributed by atoms with van der Waals surface area (Å²) in [6.07, 6.45) is -2.78. The number of nitrogens with zero attached hydrogens (tertiary/aromatic N) is 4. The summed E-state index contributed by atoms with van der Waals surface area (Å²) in [5.74, 6) is -0.581. The zero-order chi connectivity index (χ0) is 26.3. The Hall–Kier alpha value is -3.94. The lowest BCUT2D eigenvalue weighted by Gasteiger charge is -2.18. The first-order valence-corrected chi connectivity index (χ1v) is 12.4. The number of halogens is 3.